The molecule has 1 aromatic carbocycles. The molecule has 120 valence electrons. The maximum Gasteiger partial charge on any atom is 0.264 e. The third-order valence-electron chi connectivity index (χ3n) is 4.01. The number of hydrogen-bond acceptors (Lipinski definition) is 3. The summed E-state index contributed by atoms with van der Waals surface area (Å²) in [5.74, 6) is 0.667. The van der Waals surface area contributed by atoms with Crippen LogP contribution in [0.25, 0.3) is 0 Å². The van der Waals surface area contributed by atoms with Crippen molar-refractivity contribution in [3.63, 3.8) is 0 Å². The SMILES string of the molecule is C=CCOc1ccccc1C(=O)N1CCC(c2cc(=O)[nH][nH]2)C1. The van der Waals surface area contributed by atoms with Crippen molar-refractivity contribution in [2.24, 2.45) is 0 Å². The zero-order valence-electron chi connectivity index (χ0n) is 12.7. The van der Waals surface area contributed by atoms with Crippen molar-refractivity contribution in [2.75, 3.05) is 19.7 Å². The highest BCUT2D eigenvalue weighted by Crippen LogP contribution is 2.28. The first-order valence-electron chi connectivity index (χ1n) is 7.58. The standard InChI is InChI=1S/C17H19N3O3/c1-2-9-23-15-6-4-3-5-13(15)17(22)20-8-7-12(11-20)14-10-16(21)19-18-14/h2-6,10,12H,1,7-9,11H2,(H2,18,19,21). The van der Waals surface area contributed by atoms with Gasteiger partial charge >= 0.3 is 0 Å². The number of aromatic nitrogens is 2. The number of para-hydroxylation sites is 1. The number of H-pyrrole nitrogens is 2. The summed E-state index contributed by atoms with van der Waals surface area (Å²) < 4.78 is 5.56. The lowest BCUT2D eigenvalue weighted by molar-refractivity contribution is 0.0786. The van der Waals surface area contributed by atoms with Gasteiger partial charge in [0, 0.05) is 30.8 Å². The Morgan fingerprint density at radius 1 is 1.39 bits per heavy atom. The Morgan fingerprint density at radius 3 is 2.96 bits per heavy atom. The number of hydrogen-bond donors (Lipinski definition) is 2. The van der Waals surface area contributed by atoms with Crippen LogP contribution in [0.3, 0.4) is 0 Å². The number of likely N-dealkylation sites (tertiary alicyclic amines) is 1. The molecule has 6 heteroatoms. The number of benzene rings is 1. The molecular weight excluding hydrogens is 294 g/mol. The molecule has 1 aromatic heterocycles. The Balaban J connectivity index is 1.74. The molecule has 0 saturated carbocycles. The molecule has 1 unspecified atom stereocenters. The Labute approximate surface area is 133 Å². The van der Waals surface area contributed by atoms with E-state index in [1.54, 1.807) is 29.2 Å². The number of amides is 1. The average Bonchev–Trinajstić information content (AvgIpc) is 3.21. The van der Waals surface area contributed by atoms with E-state index in [1.807, 2.05) is 12.1 Å². The van der Waals surface area contributed by atoms with Gasteiger partial charge < -0.3 is 14.7 Å². The van der Waals surface area contributed by atoms with E-state index in [0.29, 0.717) is 31.0 Å². The zero-order valence-corrected chi connectivity index (χ0v) is 12.7. The van der Waals surface area contributed by atoms with Crippen molar-refractivity contribution < 1.29 is 9.53 Å². The maximum atomic E-state index is 12.8. The zero-order chi connectivity index (χ0) is 16.2. The summed E-state index contributed by atoms with van der Waals surface area (Å²) in [5.41, 5.74) is 1.26. The van der Waals surface area contributed by atoms with E-state index < -0.39 is 0 Å². The van der Waals surface area contributed by atoms with Crippen LogP contribution < -0.4 is 10.3 Å². The van der Waals surface area contributed by atoms with E-state index in [9.17, 15) is 9.59 Å². The summed E-state index contributed by atoms with van der Waals surface area (Å²) in [7, 11) is 0. The smallest absolute Gasteiger partial charge is 0.264 e. The molecule has 0 bridgehead atoms. The largest absolute Gasteiger partial charge is 0.489 e. The molecule has 1 fully saturated rings. The summed E-state index contributed by atoms with van der Waals surface area (Å²) in [5, 5.41) is 5.41. The molecule has 2 N–H and O–H groups in total. The van der Waals surface area contributed by atoms with Crippen LogP contribution in [0.4, 0.5) is 0 Å². The molecule has 2 aromatic rings. The van der Waals surface area contributed by atoms with Gasteiger partial charge in [0.05, 0.1) is 5.56 Å². The number of nitrogens with one attached hydrogen (secondary N) is 2. The van der Waals surface area contributed by atoms with Gasteiger partial charge in [-0.05, 0) is 18.6 Å². The molecule has 2 heterocycles. The average molecular weight is 313 g/mol. The van der Waals surface area contributed by atoms with Crippen molar-refractivity contribution in [1.82, 2.24) is 15.1 Å². The molecule has 1 saturated heterocycles. The van der Waals surface area contributed by atoms with E-state index in [1.165, 1.54) is 0 Å². The highest BCUT2D eigenvalue weighted by molar-refractivity contribution is 5.97. The molecule has 1 amide bonds. The molecule has 3 rings (SSSR count). The minimum Gasteiger partial charge on any atom is -0.489 e. The summed E-state index contributed by atoms with van der Waals surface area (Å²) in [6.07, 6.45) is 2.48. The molecule has 0 radical (unpaired) electrons. The molecular formula is C17H19N3O3. The van der Waals surface area contributed by atoms with Crippen LogP contribution in [0.5, 0.6) is 5.75 Å². The predicted molar refractivity (Wildman–Crippen MR) is 86.8 cm³/mol. The fraction of sp³-hybridized carbons (Fsp3) is 0.294. The number of aromatic amines is 2. The first kappa shape index (κ1) is 15.1. The lowest BCUT2D eigenvalue weighted by atomic mass is 10.1. The van der Waals surface area contributed by atoms with Gasteiger partial charge in [-0.25, -0.2) is 0 Å². The normalized spacial score (nSPS) is 17.2. The van der Waals surface area contributed by atoms with Crippen molar-refractivity contribution in [1.29, 1.82) is 0 Å². The van der Waals surface area contributed by atoms with E-state index in [-0.39, 0.29) is 17.4 Å². The summed E-state index contributed by atoms with van der Waals surface area (Å²) in [4.78, 5) is 25.8. The van der Waals surface area contributed by atoms with Crippen molar-refractivity contribution >= 4 is 5.91 Å². The van der Waals surface area contributed by atoms with Crippen molar-refractivity contribution in [3.05, 3.63) is 64.6 Å². The first-order chi connectivity index (χ1) is 11.2. The van der Waals surface area contributed by atoms with Crippen LogP contribution in [0, 0.1) is 0 Å². The number of carbonyl (C=O) groups is 1. The van der Waals surface area contributed by atoms with Crippen LogP contribution >= 0.6 is 0 Å². The Kier molecular flexibility index (Phi) is 4.32. The third-order valence-corrected chi connectivity index (χ3v) is 4.01. The topological polar surface area (TPSA) is 78.2 Å². The highest BCUT2D eigenvalue weighted by atomic mass is 16.5. The minimum atomic E-state index is -0.145. The monoisotopic (exact) mass is 313 g/mol. The van der Waals surface area contributed by atoms with E-state index in [0.717, 1.165) is 12.1 Å². The third kappa shape index (κ3) is 3.21. The second kappa shape index (κ2) is 6.56. The number of rotatable bonds is 5. The minimum absolute atomic E-state index is 0.0509. The Hall–Kier alpha value is -2.76. The molecule has 0 aliphatic carbocycles. The van der Waals surface area contributed by atoms with Crippen molar-refractivity contribution in [3.8, 4) is 5.75 Å². The van der Waals surface area contributed by atoms with Crippen LogP contribution in [0.1, 0.15) is 28.4 Å². The molecule has 6 nitrogen and oxygen atoms in total. The van der Waals surface area contributed by atoms with Gasteiger partial charge in [0.1, 0.15) is 12.4 Å². The molecule has 1 aliphatic rings. The number of nitrogens with zero attached hydrogens (tertiary/aromatic N) is 1. The Morgan fingerprint density at radius 2 is 2.22 bits per heavy atom. The van der Waals surface area contributed by atoms with E-state index >= 15 is 0 Å². The first-order valence-corrected chi connectivity index (χ1v) is 7.58. The fourth-order valence-electron chi connectivity index (χ4n) is 2.85. The molecule has 0 spiro atoms. The summed E-state index contributed by atoms with van der Waals surface area (Å²) >= 11 is 0. The molecule has 1 aliphatic heterocycles. The van der Waals surface area contributed by atoms with Gasteiger partial charge in [-0.3, -0.25) is 14.7 Å². The van der Waals surface area contributed by atoms with Gasteiger partial charge in [0.25, 0.3) is 11.5 Å². The van der Waals surface area contributed by atoms with Gasteiger partial charge in [0.15, 0.2) is 0 Å². The fourth-order valence-corrected chi connectivity index (χ4v) is 2.85. The number of carbonyl (C=O) groups excluding carboxylic acids is 1. The lowest BCUT2D eigenvalue weighted by Gasteiger charge is -2.18. The van der Waals surface area contributed by atoms with Gasteiger partial charge in [-0.2, -0.15) is 0 Å². The van der Waals surface area contributed by atoms with Gasteiger partial charge in [-0.15, -0.1) is 0 Å². The summed E-state index contributed by atoms with van der Waals surface area (Å²) in [6.45, 7) is 5.22. The number of ether oxygens (including phenoxy) is 1. The van der Waals surface area contributed by atoms with E-state index in [4.69, 9.17) is 4.74 Å². The lowest BCUT2D eigenvalue weighted by Crippen LogP contribution is -2.29. The van der Waals surface area contributed by atoms with Crippen LogP contribution in [0.2, 0.25) is 0 Å². The Bertz CT molecular complexity index is 762. The van der Waals surface area contributed by atoms with Crippen LogP contribution in [-0.2, 0) is 0 Å². The van der Waals surface area contributed by atoms with Gasteiger partial charge in [-0.1, -0.05) is 24.8 Å². The van der Waals surface area contributed by atoms with Gasteiger partial charge in [0.2, 0.25) is 0 Å². The predicted octanol–water partition coefficient (Wildman–Crippen LogP) is 1.90. The maximum absolute atomic E-state index is 12.8. The molecule has 1 atom stereocenters. The van der Waals surface area contributed by atoms with Crippen LogP contribution in [0.15, 0.2) is 47.8 Å². The highest BCUT2D eigenvalue weighted by Gasteiger charge is 2.30. The second-order valence-electron chi connectivity index (χ2n) is 5.55. The van der Waals surface area contributed by atoms with Crippen molar-refractivity contribution in [2.45, 2.75) is 12.3 Å². The second-order valence-corrected chi connectivity index (χ2v) is 5.55. The quantitative estimate of drug-likeness (QED) is 0.828. The molecule has 23 heavy (non-hydrogen) atoms. The van der Waals surface area contributed by atoms with E-state index in [2.05, 4.69) is 16.8 Å². The summed E-state index contributed by atoms with van der Waals surface area (Å²) in [6, 6.07) is 8.78. The van der Waals surface area contributed by atoms with Crippen LogP contribution in [-0.4, -0.2) is 40.7 Å².